The van der Waals surface area contributed by atoms with E-state index in [1.54, 1.807) is 17.2 Å². The number of amides is 1. The molecule has 0 saturated carbocycles. The van der Waals surface area contributed by atoms with E-state index in [-0.39, 0.29) is 34.9 Å². The van der Waals surface area contributed by atoms with Crippen LogP contribution in [0.1, 0.15) is 27.7 Å². The Kier molecular flexibility index (Phi) is 4.87. The lowest BCUT2D eigenvalue weighted by atomic mass is 10.2. The van der Waals surface area contributed by atoms with Gasteiger partial charge in [0.2, 0.25) is 0 Å². The summed E-state index contributed by atoms with van der Waals surface area (Å²) in [5.41, 5.74) is -0.415. The second kappa shape index (κ2) is 7.26. The number of carbonyl (C=O) groups is 1. The summed E-state index contributed by atoms with van der Waals surface area (Å²) in [4.78, 5) is 20.0. The maximum Gasteiger partial charge on any atom is 0.410 e. The highest BCUT2D eigenvalue weighted by Crippen LogP contribution is 2.32. The van der Waals surface area contributed by atoms with Gasteiger partial charge in [0.05, 0.1) is 0 Å². The van der Waals surface area contributed by atoms with Crippen molar-refractivity contribution in [2.75, 3.05) is 24.5 Å². The van der Waals surface area contributed by atoms with Crippen molar-refractivity contribution >= 4 is 23.2 Å². The SMILES string of the molecule is CC1CN(C(=O)OC(C)(C)C)CCN1c1nc2c(F)c(F)cc(-n3cccn3)c2o1. The lowest BCUT2D eigenvalue weighted by molar-refractivity contribution is 0.0216. The van der Waals surface area contributed by atoms with Crippen LogP contribution in [0.2, 0.25) is 0 Å². The number of piperazine rings is 1. The topological polar surface area (TPSA) is 76.6 Å². The zero-order valence-electron chi connectivity index (χ0n) is 17.2. The number of benzene rings is 1. The number of anilines is 1. The van der Waals surface area contributed by atoms with Crippen LogP contribution in [0.15, 0.2) is 28.9 Å². The molecule has 0 radical (unpaired) electrons. The van der Waals surface area contributed by atoms with Gasteiger partial charge in [-0.3, -0.25) is 0 Å². The molecule has 0 spiro atoms. The van der Waals surface area contributed by atoms with Crippen LogP contribution >= 0.6 is 0 Å². The second-order valence-corrected chi connectivity index (χ2v) is 8.29. The number of nitrogens with zero attached hydrogens (tertiary/aromatic N) is 5. The Morgan fingerprint density at radius 1 is 1.30 bits per heavy atom. The number of hydrogen-bond donors (Lipinski definition) is 0. The zero-order valence-corrected chi connectivity index (χ0v) is 17.2. The van der Waals surface area contributed by atoms with Crippen LogP contribution in [0.25, 0.3) is 16.8 Å². The smallest absolute Gasteiger partial charge is 0.410 e. The van der Waals surface area contributed by atoms with E-state index in [1.807, 2.05) is 32.6 Å². The van der Waals surface area contributed by atoms with Gasteiger partial charge in [0, 0.05) is 44.1 Å². The van der Waals surface area contributed by atoms with E-state index in [1.165, 1.54) is 10.9 Å². The van der Waals surface area contributed by atoms with Gasteiger partial charge in [-0.1, -0.05) is 0 Å². The third-order valence-electron chi connectivity index (χ3n) is 4.81. The summed E-state index contributed by atoms with van der Waals surface area (Å²) in [6.07, 6.45) is 2.75. The van der Waals surface area contributed by atoms with Gasteiger partial charge in [-0.15, -0.1) is 0 Å². The molecule has 1 aliphatic rings. The van der Waals surface area contributed by atoms with E-state index >= 15 is 0 Å². The van der Waals surface area contributed by atoms with Gasteiger partial charge in [0.25, 0.3) is 6.01 Å². The lowest BCUT2D eigenvalue weighted by Gasteiger charge is -2.39. The summed E-state index contributed by atoms with van der Waals surface area (Å²) in [6.45, 7) is 8.53. The molecule has 3 aromatic rings. The first-order valence-corrected chi connectivity index (χ1v) is 9.67. The minimum atomic E-state index is -1.07. The molecule has 1 aliphatic heterocycles. The van der Waals surface area contributed by atoms with E-state index in [2.05, 4.69) is 10.1 Å². The molecule has 0 N–H and O–H groups in total. The van der Waals surface area contributed by atoms with E-state index < -0.39 is 17.2 Å². The zero-order chi connectivity index (χ0) is 21.6. The molecule has 2 aromatic heterocycles. The van der Waals surface area contributed by atoms with Crippen molar-refractivity contribution < 1.29 is 22.7 Å². The number of carbonyl (C=O) groups excluding carboxylic acids is 1. The van der Waals surface area contributed by atoms with Crippen molar-refractivity contribution in [3.05, 3.63) is 36.2 Å². The van der Waals surface area contributed by atoms with Gasteiger partial charge in [0.1, 0.15) is 11.3 Å². The van der Waals surface area contributed by atoms with Crippen LogP contribution in [-0.4, -0.2) is 57.0 Å². The Hall–Kier alpha value is -3.17. The predicted octanol–water partition coefficient (Wildman–Crippen LogP) is 3.74. The van der Waals surface area contributed by atoms with Crippen molar-refractivity contribution in [3.8, 4) is 5.69 Å². The highest BCUT2D eigenvalue weighted by atomic mass is 19.2. The summed E-state index contributed by atoms with van der Waals surface area (Å²) < 4.78 is 41.2. The first-order chi connectivity index (χ1) is 14.1. The summed E-state index contributed by atoms with van der Waals surface area (Å²) >= 11 is 0. The van der Waals surface area contributed by atoms with Crippen LogP contribution in [0.5, 0.6) is 0 Å². The lowest BCUT2D eigenvalue weighted by Crippen LogP contribution is -2.54. The largest absolute Gasteiger partial charge is 0.444 e. The quantitative estimate of drug-likeness (QED) is 0.630. The van der Waals surface area contributed by atoms with Gasteiger partial charge in [0.15, 0.2) is 22.7 Å². The minimum absolute atomic E-state index is 0.106. The van der Waals surface area contributed by atoms with Gasteiger partial charge in [-0.2, -0.15) is 10.1 Å². The summed E-state index contributed by atoms with van der Waals surface area (Å²) in [5, 5.41) is 4.07. The van der Waals surface area contributed by atoms with Crippen LogP contribution in [0.3, 0.4) is 0 Å². The molecule has 1 aromatic carbocycles. The molecule has 3 heterocycles. The van der Waals surface area contributed by atoms with E-state index in [0.717, 1.165) is 6.07 Å². The second-order valence-electron chi connectivity index (χ2n) is 8.29. The third-order valence-corrected chi connectivity index (χ3v) is 4.81. The standard InChI is InChI=1S/C20H23F2N5O3/c1-12-11-25(19(28)30-20(2,3)4)8-9-26(12)18-24-16-15(22)13(21)10-14(17(16)29-18)27-7-5-6-23-27/h5-7,10,12H,8-9,11H2,1-4H3. The molecule has 30 heavy (non-hydrogen) atoms. The minimum Gasteiger partial charge on any atom is -0.444 e. The number of rotatable bonds is 2. The normalized spacial score (nSPS) is 17.6. The average Bonchev–Trinajstić information content (AvgIpc) is 3.33. The first kappa shape index (κ1) is 20.1. The van der Waals surface area contributed by atoms with Crippen molar-refractivity contribution in [1.82, 2.24) is 19.7 Å². The molecule has 1 atom stereocenters. The Labute approximate surface area is 172 Å². The molecule has 1 saturated heterocycles. The molecule has 1 amide bonds. The molecular weight excluding hydrogens is 396 g/mol. The molecule has 1 unspecified atom stereocenters. The Morgan fingerprint density at radius 2 is 2.07 bits per heavy atom. The van der Waals surface area contributed by atoms with Gasteiger partial charge in [-0.05, 0) is 33.8 Å². The third kappa shape index (κ3) is 3.69. The maximum atomic E-state index is 14.4. The molecule has 0 aliphatic carbocycles. The molecule has 10 heteroatoms. The van der Waals surface area contributed by atoms with Crippen molar-refractivity contribution in [1.29, 1.82) is 0 Å². The molecule has 0 bridgehead atoms. The fourth-order valence-corrected chi connectivity index (χ4v) is 3.43. The van der Waals surface area contributed by atoms with Crippen LogP contribution in [0.4, 0.5) is 19.6 Å². The molecule has 1 fully saturated rings. The maximum absolute atomic E-state index is 14.4. The van der Waals surface area contributed by atoms with Crippen LogP contribution in [0, 0.1) is 11.6 Å². The Balaban J connectivity index is 1.62. The summed E-state index contributed by atoms with van der Waals surface area (Å²) in [6, 6.07) is 2.70. The Bertz CT molecular complexity index is 1070. The van der Waals surface area contributed by atoms with Gasteiger partial charge >= 0.3 is 6.09 Å². The number of halogens is 2. The van der Waals surface area contributed by atoms with Crippen molar-refractivity contribution in [3.63, 3.8) is 0 Å². The number of oxazole rings is 1. The van der Waals surface area contributed by atoms with Gasteiger partial charge in [-0.25, -0.2) is 18.3 Å². The van der Waals surface area contributed by atoms with Gasteiger partial charge < -0.3 is 19.0 Å². The average molecular weight is 419 g/mol. The fourth-order valence-electron chi connectivity index (χ4n) is 3.43. The highest BCUT2D eigenvalue weighted by Gasteiger charge is 2.33. The molecule has 160 valence electrons. The van der Waals surface area contributed by atoms with E-state index in [0.29, 0.717) is 19.6 Å². The van der Waals surface area contributed by atoms with E-state index in [4.69, 9.17) is 9.15 Å². The monoisotopic (exact) mass is 419 g/mol. The number of aromatic nitrogens is 3. The molecule has 8 nitrogen and oxygen atoms in total. The molecule has 4 rings (SSSR count). The summed E-state index contributed by atoms with van der Waals surface area (Å²) in [5.74, 6) is -2.11. The van der Waals surface area contributed by atoms with Crippen molar-refractivity contribution in [2.45, 2.75) is 39.3 Å². The number of ether oxygens (including phenoxy) is 1. The highest BCUT2D eigenvalue weighted by molar-refractivity contribution is 5.84. The first-order valence-electron chi connectivity index (χ1n) is 9.67. The summed E-state index contributed by atoms with van der Waals surface area (Å²) in [7, 11) is 0. The van der Waals surface area contributed by atoms with Crippen molar-refractivity contribution in [2.24, 2.45) is 0 Å². The van der Waals surface area contributed by atoms with Crippen LogP contribution in [-0.2, 0) is 4.74 Å². The number of hydrogen-bond acceptors (Lipinski definition) is 6. The number of fused-ring (bicyclic) bond motifs is 1. The van der Waals surface area contributed by atoms with Crippen LogP contribution < -0.4 is 4.90 Å². The van der Waals surface area contributed by atoms with E-state index in [9.17, 15) is 13.6 Å². The molecular formula is C20H23F2N5O3. The Morgan fingerprint density at radius 3 is 2.70 bits per heavy atom. The fraction of sp³-hybridized carbons (Fsp3) is 0.450. The predicted molar refractivity (Wildman–Crippen MR) is 106 cm³/mol.